The number of carbonyl (C=O) groups excluding carboxylic acids is 3. The van der Waals surface area contributed by atoms with Gasteiger partial charge in [-0.25, -0.2) is 0 Å². The minimum absolute atomic E-state index is 0.0341. The molecule has 0 rings (SSSR count). The molecule has 2 atom stereocenters. The van der Waals surface area contributed by atoms with Crippen LogP contribution in [0.1, 0.15) is 181 Å². The maximum atomic E-state index is 12.7. The van der Waals surface area contributed by atoms with Crippen molar-refractivity contribution in [3.05, 3.63) is 24.3 Å². The van der Waals surface area contributed by atoms with Crippen molar-refractivity contribution in [1.82, 2.24) is 0 Å². The Balaban J connectivity index is 4.29. The number of nitrogens with zero attached hydrogens (tertiary/aromatic N) is 1. The molecule has 0 bridgehead atoms. The summed E-state index contributed by atoms with van der Waals surface area (Å²) in [7, 11) is 5.39. The molecule has 0 amide bonds. The Bertz CT molecular complexity index is 895. The van der Waals surface area contributed by atoms with Crippen LogP contribution in [-0.4, -0.2) is 75.5 Å². The van der Waals surface area contributed by atoms with Crippen LogP contribution in [0, 0.1) is 0 Å². The number of unbranched alkanes of at least 4 members (excludes halogenated alkanes) is 19. The zero-order valence-corrected chi connectivity index (χ0v) is 33.8. The van der Waals surface area contributed by atoms with E-state index in [4.69, 9.17) is 14.2 Å². The van der Waals surface area contributed by atoms with Crippen molar-refractivity contribution in [1.29, 1.82) is 0 Å². The van der Waals surface area contributed by atoms with E-state index in [1.807, 2.05) is 0 Å². The van der Waals surface area contributed by atoms with E-state index in [2.05, 4.69) is 38.2 Å². The van der Waals surface area contributed by atoms with Crippen LogP contribution in [-0.2, 0) is 28.6 Å². The van der Waals surface area contributed by atoms with E-state index in [0.29, 0.717) is 12.8 Å². The van der Waals surface area contributed by atoms with E-state index in [1.54, 1.807) is 21.1 Å². The fraction of sp³-hybridized carbons (Fsp3) is 0.837. The molecule has 0 aliphatic heterocycles. The predicted molar refractivity (Wildman–Crippen MR) is 208 cm³/mol. The van der Waals surface area contributed by atoms with E-state index in [1.165, 1.54) is 96.3 Å². The zero-order valence-electron chi connectivity index (χ0n) is 33.8. The maximum Gasteiger partial charge on any atom is 0.306 e. The maximum absolute atomic E-state index is 12.7. The van der Waals surface area contributed by atoms with Crippen molar-refractivity contribution >= 4 is 17.9 Å². The molecule has 8 nitrogen and oxygen atoms in total. The smallest absolute Gasteiger partial charge is 0.306 e. The summed E-state index contributed by atoms with van der Waals surface area (Å²) in [5.74, 6) is -1.77. The lowest BCUT2D eigenvalue weighted by atomic mass is 10.0. The van der Waals surface area contributed by atoms with Gasteiger partial charge in [-0.1, -0.05) is 147 Å². The van der Waals surface area contributed by atoms with Gasteiger partial charge in [-0.2, -0.15) is 0 Å². The lowest BCUT2D eigenvalue weighted by molar-refractivity contribution is -0.889. The third-order valence-electron chi connectivity index (χ3n) is 9.35. The second kappa shape index (κ2) is 34.9. The normalized spacial score (nSPS) is 13.2. The number of carbonyl (C=O) groups is 3. The van der Waals surface area contributed by atoms with Gasteiger partial charge in [0.2, 0.25) is 0 Å². The van der Waals surface area contributed by atoms with Gasteiger partial charge in [0.05, 0.1) is 40.3 Å². The Labute approximate surface area is 313 Å². The number of aliphatic carboxylic acids is 1. The van der Waals surface area contributed by atoms with Crippen molar-refractivity contribution in [2.24, 2.45) is 0 Å². The number of likely N-dealkylation sites (N-methyl/N-ethyl adjacent to an activating group) is 1. The molecule has 0 aromatic carbocycles. The molecule has 0 aromatic rings. The van der Waals surface area contributed by atoms with Gasteiger partial charge in [0.15, 0.2) is 6.10 Å². The lowest BCUT2D eigenvalue weighted by Crippen LogP contribution is -2.55. The number of ether oxygens (including phenoxy) is 3. The number of allylic oxidation sites excluding steroid dienone is 4. The summed E-state index contributed by atoms with van der Waals surface area (Å²) in [6.45, 7) is 4.51. The van der Waals surface area contributed by atoms with Crippen LogP contribution in [0.4, 0.5) is 0 Å². The SMILES string of the molecule is CC/C=C/C/C=C/CCCCC(=O)OCC(COCCC(C(=O)[O-])[N+](C)(C)C)OC(=O)CCCCCCCCCCCCCCCCCCCC. The summed E-state index contributed by atoms with van der Waals surface area (Å²) >= 11 is 0. The van der Waals surface area contributed by atoms with Crippen molar-refractivity contribution < 1.29 is 38.2 Å². The molecule has 0 N–H and O–H groups in total. The second-order valence-corrected chi connectivity index (χ2v) is 15.2. The fourth-order valence-electron chi connectivity index (χ4n) is 6.11. The minimum Gasteiger partial charge on any atom is -0.544 e. The Morgan fingerprint density at radius 1 is 0.608 bits per heavy atom. The number of carboxylic acids is 1. The number of hydrogen-bond acceptors (Lipinski definition) is 7. The first-order chi connectivity index (χ1) is 24.6. The number of rotatable bonds is 37. The number of carboxylic acid groups (broad SMARTS) is 1. The standard InChI is InChI=1S/C43H79NO7/c1-6-8-10-12-14-16-17-18-19-20-21-22-23-24-26-28-30-32-34-42(46)51-39(37-49-36-35-40(43(47)48)44(3,4)5)38-50-41(45)33-31-29-27-25-15-13-11-9-7-2/h9,11,15,25,39-40H,6-8,10,12-14,16-24,26-38H2,1-5H3/b11-9+,25-15+. The molecule has 0 aliphatic rings. The van der Waals surface area contributed by atoms with Gasteiger partial charge in [-0.15, -0.1) is 0 Å². The van der Waals surface area contributed by atoms with Crippen LogP contribution in [0.15, 0.2) is 24.3 Å². The Morgan fingerprint density at radius 3 is 1.61 bits per heavy atom. The molecule has 2 unspecified atom stereocenters. The van der Waals surface area contributed by atoms with Crippen LogP contribution in [0.25, 0.3) is 0 Å². The van der Waals surface area contributed by atoms with E-state index < -0.39 is 18.1 Å². The summed E-state index contributed by atoms with van der Waals surface area (Å²) in [5.41, 5.74) is 0. The van der Waals surface area contributed by atoms with Crippen LogP contribution in [0.3, 0.4) is 0 Å². The number of quaternary nitrogens is 1. The number of esters is 2. The van der Waals surface area contributed by atoms with E-state index in [9.17, 15) is 19.5 Å². The number of hydrogen-bond donors (Lipinski definition) is 0. The molecule has 0 fully saturated rings. The first-order valence-electron chi connectivity index (χ1n) is 20.9. The largest absolute Gasteiger partial charge is 0.544 e. The molecule has 51 heavy (non-hydrogen) atoms. The van der Waals surface area contributed by atoms with Crippen molar-refractivity contribution in [3.63, 3.8) is 0 Å². The molecule has 0 aromatic heterocycles. The molecular weight excluding hydrogens is 642 g/mol. The van der Waals surface area contributed by atoms with Crippen LogP contribution in [0.2, 0.25) is 0 Å². The second-order valence-electron chi connectivity index (χ2n) is 15.2. The third kappa shape index (κ3) is 33.4. The van der Waals surface area contributed by atoms with Gasteiger partial charge >= 0.3 is 11.9 Å². The summed E-state index contributed by atoms with van der Waals surface area (Å²) in [6.07, 6.45) is 36.5. The van der Waals surface area contributed by atoms with Gasteiger partial charge in [-0.3, -0.25) is 9.59 Å². The van der Waals surface area contributed by atoms with Crippen LogP contribution < -0.4 is 5.11 Å². The van der Waals surface area contributed by atoms with Gasteiger partial charge in [0.25, 0.3) is 0 Å². The predicted octanol–water partition coefficient (Wildman–Crippen LogP) is 9.58. The average molecular weight is 722 g/mol. The summed E-state index contributed by atoms with van der Waals surface area (Å²) in [4.78, 5) is 36.6. The molecule has 0 aliphatic carbocycles. The molecule has 0 heterocycles. The average Bonchev–Trinajstić information content (AvgIpc) is 3.08. The third-order valence-corrected chi connectivity index (χ3v) is 9.35. The Kier molecular flexibility index (Phi) is 33.4. The highest BCUT2D eigenvalue weighted by molar-refractivity contribution is 5.70. The van der Waals surface area contributed by atoms with Gasteiger partial charge in [0.1, 0.15) is 12.6 Å². The first kappa shape index (κ1) is 48.8. The van der Waals surface area contributed by atoms with Crippen molar-refractivity contribution in [3.8, 4) is 0 Å². The van der Waals surface area contributed by atoms with Crippen molar-refractivity contribution in [2.45, 2.75) is 193 Å². The van der Waals surface area contributed by atoms with Gasteiger partial charge < -0.3 is 28.6 Å². The molecule has 0 spiro atoms. The summed E-state index contributed by atoms with van der Waals surface area (Å²) in [5, 5.41) is 11.6. The topological polar surface area (TPSA) is 102 Å². The lowest BCUT2D eigenvalue weighted by Gasteiger charge is -2.34. The highest BCUT2D eigenvalue weighted by atomic mass is 16.6. The molecule has 0 saturated heterocycles. The quantitative estimate of drug-likeness (QED) is 0.0273. The van der Waals surface area contributed by atoms with E-state index >= 15 is 0 Å². The van der Waals surface area contributed by atoms with Gasteiger partial charge in [0, 0.05) is 19.3 Å². The highest BCUT2D eigenvalue weighted by Crippen LogP contribution is 2.15. The van der Waals surface area contributed by atoms with E-state index in [0.717, 1.165) is 51.4 Å². The van der Waals surface area contributed by atoms with E-state index in [-0.39, 0.29) is 42.7 Å². The first-order valence-corrected chi connectivity index (χ1v) is 20.9. The molecule has 298 valence electrons. The summed E-state index contributed by atoms with van der Waals surface area (Å²) in [6, 6.07) is -0.726. The Hall–Kier alpha value is -2.19. The minimum atomic E-state index is -1.13. The molecule has 0 saturated carbocycles. The van der Waals surface area contributed by atoms with Gasteiger partial charge in [-0.05, 0) is 38.5 Å². The van der Waals surface area contributed by atoms with Crippen LogP contribution >= 0.6 is 0 Å². The van der Waals surface area contributed by atoms with Crippen molar-refractivity contribution in [2.75, 3.05) is 41.0 Å². The Morgan fingerprint density at radius 2 is 1.10 bits per heavy atom. The monoisotopic (exact) mass is 722 g/mol. The molecular formula is C43H79NO7. The molecule has 8 heteroatoms. The summed E-state index contributed by atoms with van der Waals surface area (Å²) < 4.78 is 17.1. The van der Waals surface area contributed by atoms with Crippen LogP contribution in [0.5, 0.6) is 0 Å². The molecule has 0 radical (unpaired) electrons. The zero-order chi connectivity index (χ0) is 37.8. The highest BCUT2D eigenvalue weighted by Gasteiger charge is 2.25. The fourth-order valence-corrected chi connectivity index (χ4v) is 6.11.